The van der Waals surface area contributed by atoms with Crippen molar-refractivity contribution in [2.75, 3.05) is 52.7 Å². The number of carbonyl (C=O) groups is 7. The van der Waals surface area contributed by atoms with Gasteiger partial charge in [0.1, 0.15) is 30.5 Å². The van der Waals surface area contributed by atoms with Gasteiger partial charge >= 0.3 is 17.9 Å². The van der Waals surface area contributed by atoms with Gasteiger partial charge in [0, 0.05) is 49.0 Å². The Hall–Kier alpha value is -6.36. The number of nitrogens with zero attached hydrogens (tertiary/aromatic N) is 3. The summed E-state index contributed by atoms with van der Waals surface area (Å²) in [7, 11) is 0. The topological polar surface area (TPSA) is 286 Å². The number of carbonyl (C=O) groups excluding carboxylic acids is 6. The molecule has 1 aromatic carbocycles. The number of aliphatic carboxylic acids is 1. The maximum atomic E-state index is 15.4. The zero-order valence-corrected chi connectivity index (χ0v) is 40.6. The molecule has 71 heavy (non-hydrogen) atoms. The van der Waals surface area contributed by atoms with E-state index in [2.05, 4.69) is 16.0 Å². The first-order valence-electron chi connectivity index (χ1n) is 24.1. The van der Waals surface area contributed by atoms with Crippen LogP contribution in [0.1, 0.15) is 106 Å². The number of hydrogen-bond acceptors (Lipinski definition) is 15. The van der Waals surface area contributed by atoms with Crippen LogP contribution in [0.2, 0.25) is 0 Å². The Morgan fingerprint density at radius 2 is 1.69 bits per heavy atom. The summed E-state index contributed by atoms with van der Waals surface area (Å²) < 4.78 is 44.6. The summed E-state index contributed by atoms with van der Waals surface area (Å²) in [5.41, 5.74) is 6.37. The normalized spacial score (nSPS) is 19.6. The van der Waals surface area contributed by atoms with Crippen molar-refractivity contribution in [2.45, 2.75) is 122 Å². The average molecular weight is 992 g/mol. The summed E-state index contributed by atoms with van der Waals surface area (Å²) in [6.45, 7) is 9.53. The van der Waals surface area contributed by atoms with E-state index in [0.29, 0.717) is 73.4 Å². The van der Waals surface area contributed by atoms with E-state index < -0.39 is 95.7 Å². The van der Waals surface area contributed by atoms with Crippen LogP contribution >= 0.6 is 0 Å². The molecule has 21 nitrogen and oxygen atoms in total. The van der Waals surface area contributed by atoms with Gasteiger partial charge in [-0.15, -0.1) is 0 Å². The number of hydrogen-bond donors (Lipinski definition) is 5. The third-order valence-corrected chi connectivity index (χ3v) is 13.5. The van der Waals surface area contributed by atoms with E-state index in [-0.39, 0.29) is 74.9 Å². The number of aryl methyl sites for hydroxylation is 1. The Morgan fingerprint density at radius 1 is 0.986 bits per heavy atom. The van der Waals surface area contributed by atoms with Gasteiger partial charge in [-0.25, -0.2) is 19.0 Å². The quantitative estimate of drug-likeness (QED) is 0.0553. The molecule has 4 aliphatic rings. The Labute approximate surface area is 408 Å². The highest BCUT2D eigenvalue weighted by molar-refractivity contribution is 5.97. The fourth-order valence-corrected chi connectivity index (χ4v) is 10.0. The lowest BCUT2D eigenvalue weighted by Crippen LogP contribution is -2.57. The lowest BCUT2D eigenvalue weighted by atomic mass is 9.81. The number of pyridine rings is 2. The smallest absolute Gasteiger partial charge is 0.355 e. The number of nitrogens with one attached hydrogen (secondary N) is 3. The van der Waals surface area contributed by atoms with E-state index in [1.54, 1.807) is 33.8 Å². The Bertz CT molecular complexity index is 2670. The van der Waals surface area contributed by atoms with Crippen LogP contribution in [0.5, 0.6) is 0 Å². The predicted molar refractivity (Wildman–Crippen MR) is 250 cm³/mol. The highest BCUT2D eigenvalue weighted by Crippen LogP contribution is 2.46. The van der Waals surface area contributed by atoms with Crippen LogP contribution in [-0.4, -0.2) is 132 Å². The number of aromatic nitrogens is 2. The second-order valence-electron chi connectivity index (χ2n) is 18.5. The van der Waals surface area contributed by atoms with Crippen molar-refractivity contribution < 1.29 is 66.7 Å². The SMILES string of the molecule is CC[C@@]1(OC(=O)[C@@H](NC(=O)[C@@H]2CCCN2C(=O)[C@H](CC(=O)O)NC(=O)CCOCCOCCOCCN)C(C)C)C(=O)OCc2c1cc1n(c2=O)Cc2c-1nc1cc(F)c(C)c3c1c2[C@@H](NC(C)=O)CC3. The minimum absolute atomic E-state index is 0.0379. The van der Waals surface area contributed by atoms with Crippen LogP contribution in [0.15, 0.2) is 16.9 Å². The van der Waals surface area contributed by atoms with Gasteiger partial charge in [0.15, 0.2) is 0 Å². The zero-order chi connectivity index (χ0) is 51.3. The van der Waals surface area contributed by atoms with Gasteiger partial charge in [-0.1, -0.05) is 20.8 Å². The van der Waals surface area contributed by atoms with Crippen LogP contribution < -0.4 is 27.2 Å². The first kappa shape index (κ1) is 52.5. The molecule has 22 heteroatoms. The highest BCUT2D eigenvalue weighted by Gasteiger charge is 2.52. The fourth-order valence-electron chi connectivity index (χ4n) is 10.0. The number of cyclic esters (lactones) is 1. The third kappa shape index (κ3) is 10.8. The molecule has 7 rings (SSSR count). The van der Waals surface area contributed by atoms with Crippen molar-refractivity contribution in [1.82, 2.24) is 30.4 Å². The number of amides is 4. The Morgan fingerprint density at radius 3 is 2.35 bits per heavy atom. The number of likely N-dealkylation sites (tertiary alicyclic amines) is 1. The van der Waals surface area contributed by atoms with Crippen molar-refractivity contribution in [3.63, 3.8) is 0 Å². The first-order valence-corrected chi connectivity index (χ1v) is 24.1. The molecule has 0 saturated carbocycles. The van der Waals surface area contributed by atoms with Gasteiger partial charge < -0.3 is 59.9 Å². The summed E-state index contributed by atoms with van der Waals surface area (Å²) in [4.78, 5) is 114. The molecular formula is C49H62FN7O14. The van der Waals surface area contributed by atoms with Crippen molar-refractivity contribution in [2.24, 2.45) is 11.7 Å². The number of esters is 2. The maximum Gasteiger partial charge on any atom is 0.355 e. The van der Waals surface area contributed by atoms with E-state index in [0.717, 1.165) is 11.1 Å². The molecule has 3 aromatic rings. The van der Waals surface area contributed by atoms with Gasteiger partial charge in [-0.05, 0) is 67.7 Å². The first-order chi connectivity index (χ1) is 33.9. The Balaban J connectivity index is 1.09. The maximum absolute atomic E-state index is 15.4. The molecule has 1 saturated heterocycles. The molecule has 384 valence electrons. The number of ether oxygens (including phenoxy) is 5. The molecule has 0 unspecified atom stereocenters. The van der Waals surface area contributed by atoms with Gasteiger partial charge in [0.25, 0.3) is 5.56 Å². The molecule has 1 fully saturated rings. The molecule has 0 radical (unpaired) electrons. The molecule has 0 spiro atoms. The third-order valence-electron chi connectivity index (χ3n) is 13.5. The molecule has 5 atom stereocenters. The predicted octanol–water partition coefficient (Wildman–Crippen LogP) is 1.69. The molecule has 6 N–H and O–H groups in total. The summed E-state index contributed by atoms with van der Waals surface area (Å²) in [5.74, 6) is -6.94. The summed E-state index contributed by atoms with van der Waals surface area (Å²) in [5, 5.41) is 18.5. The average Bonchev–Trinajstić information content (AvgIpc) is 3.97. The fraction of sp³-hybridized carbons (Fsp3) is 0.571. The van der Waals surface area contributed by atoms with Crippen molar-refractivity contribution >= 4 is 52.4 Å². The van der Waals surface area contributed by atoms with Gasteiger partial charge in [-0.2, -0.15) is 0 Å². The molecule has 5 heterocycles. The summed E-state index contributed by atoms with van der Waals surface area (Å²) >= 11 is 0. The monoisotopic (exact) mass is 991 g/mol. The largest absolute Gasteiger partial charge is 0.481 e. The number of halogens is 1. The van der Waals surface area contributed by atoms with E-state index >= 15 is 4.39 Å². The van der Waals surface area contributed by atoms with Crippen molar-refractivity contribution in [1.29, 1.82) is 0 Å². The molecule has 0 bridgehead atoms. The lowest BCUT2D eigenvalue weighted by molar-refractivity contribution is -0.191. The molecular weight excluding hydrogens is 930 g/mol. The van der Waals surface area contributed by atoms with E-state index in [1.807, 2.05) is 0 Å². The van der Waals surface area contributed by atoms with Crippen molar-refractivity contribution in [3.05, 3.63) is 61.7 Å². The van der Waals surface area contributed by atoms with Crippen LogP contribution in [-0.2, 0) is 82.4 Å². The van der Waals surface area contributed by atoms with Crippen LogP contribution in [0.3, 0.4) is 0 Å². The van der Waals surface area contributed by atoms with E-state index in [9.17, 15) is 43.5 Å². The van der Waals surface area contributed by atoms with Gasteiger partial charge in [0.05, 0.1) is 81.1 Å². The molecule has 3 aliphatic heterocycles. The van der Waals surface area contributed by atoms with Crippen LogP contribution in [0.25, 0.3) is 22.3 Å². The molecule has 2 aromatic heterocycles. The van der Waals surface area contributed by atoms with Crippen molar-refractivity contribution in [3.8, 4) is 11.4 Å². The number of fused-ring (bicyclic) bond motifs is 5. The number of carboxylic acids is 1. The van der Waals surface area contributed by atoms with Gasteiger partial charge in [0.2, 0.25) is 29.2 Å². The second-order valence-corrected chi connectivity index (χ2v) is 18.5. The minimum Gasteiger partial charge on any atom is -0.481 e. The van der Waals surface area contributed by atoms with Gasteiger partial charge in [-0.3, -0.25) is 28.8 Å². The number of nitrogens with two attached hydrogens (primary N) is 1. The summed E-state index contributed by atoms with van der Waals surface area (Å²) in [6, 6.07) is -1.64. The second kappa shape index (κ2) is 22.4. The Kier molecular flexibility index (Phi) is 16.5. The molecule has 1 aliphatic carbocycles. The summed E-state index contributed by atoms with van der Waals surface area (Å²) in [6.07, 6.45) is 0.330. The lowest BCUT2D eigenvalue weighted by Gasteiger charge is -2.37. The molecule has 4 amide bonds. The number of benzene rings is 1. The minimum atomic E-state index is -2.17. The number of rotatable bonds is 22. The zero-order valence-electron chi connectivity index (χ0n) is 40.6. The van der Waals surface area contributed by atoms with E-state index in [4.69, 9.17) is 34.4 Å². The van der Waals surface area contributed by atoms with Crippen LogP contribution in [0.4, 0.5) is 4.39 Å². The highest BCUT2D eigenvalue weighted by atomic mass is 19.1. The standard InChI is InChI=1S/C49H62FN7O14/c1-6-49(31-20-37-43-29(23-57(37)45(63)30(31)24-70-48(49)66)41-33(52-27(5)58)10-9-28-26(4)32(50)21-34(54-43)40(28)41)71-47(65)42(25(2)3)55-44(62)36-8-7-13-56(36)46(64)35(22-39(60)61)53-38(59)11-14-67-16-18-69-19-17-68-15-12-51/h20-21,25,33,35-36,42H,6-19,22-24,51H2,1-5H3,(H,52,58)(H,53,59)(H,55,62)(H,60,61)/t33-,35-,36-,42-,49-/m0/s1. The van der Waals surface area contributed by atoms with E-state index in [1.165, 1.54) is 22.5 Å². The number of carboxylic acid groups (broad SMARTS) is 1. The van der Waals surface area contributed by atoms with Crippen LogP contribution in [0, 0.1) is 18.7 Å².